The van der Waals surface area contributed by atoms with Gasteiger partial charge in [0.2, 0.25) is 0 Å². The lowest BCUT2D eigenvalue weighted by Crippen LogP contribution is -2.55. The molecule has 2 atom stereocenters. The Morgan fingerprint density at radius 3 is 1.39 bits per heavy atom. The van der Waals surface area contributed by atoms with Crippen molar-refractivity contribution in [2.45, 2.75) is 154 Å². The summed E-state index contributed by atoms with van der Waals surface area (Å²) in [6.07, 6.45) is 55.6. The number of nitrogens with zero attached hydrogens (tertiary/aromatic N) is 1. The molecule has 0 aromatic heterocycles. The number of aliphatic carboxylic acids is 1. The first-order valence-electron chi connectivity index (χ1n) is 22.4. The third kappa shape index (κ3) is 39.2. The van der Waals surface area contributed by atoms with Crippen molar-refractivity contribution in [1.82, 2.24) is 0 Å². The number of carbonyl (C=O) groups excluding carboxylic acids is 3. The highest BCUT2D eigenvalue weighted by atomic mass is 16.6. The van der Waals surface area contributed by atoms with Gasteiger partial charge in [0.05, 0.1) is 40.3 Å². The molecule has 0 fully saturated rings. The normalized spacial score (nSPS) is 14.0. The molecule has 0 amide bonds. The van der Waals surface area contributed by atoms with Crippen LogP contribution in [0.25, 0.3) is 0 Å². The van der Waals surface area contributed by atoms with Crippen LogP contribution in [0.4, 0.5) is 0 Å². The Labute approximate surface area is 359 Å². The van der Waals surface area contributed by atoms with Crippen LogP contribution >= 0.6 is 0 Å². The predicted octanol–water partition coefficient (Wildman–Crippen LogP) is 11.1. The molecule has 0 aliphatic heterocycles. The van der Waals surface area contributed by atoms with Crippen LogP contribution in [0.5, 0.6) is 0 Å². The van der Waals surface area contributed by atoms with E-state index in [0.717, 1.165) is 96.3 Å². The summed E-state index contributed by atoms with van der Waals surface area (Å²) in [6.45, 7) is 4.31. The molecule has 0 aromatic rings. The highest BCUT2D eigenvalue weighted by Gasteiger charge is 2.25. The average molecular weight is 820 g/mol. The fourth-order valence-electron chi connectivity index (χ4n) is 5.76. The zero-order valence-electron chi connectivity index (χ0n) is 37.6. The third-order valence-corrected chi connectivity index (χ3v) is 9.17. The average Bonchev–Trinajstić information content (AvgIpc) is 3.19. The van der Waals surface area contributed by atoms with Gasteiger partial charge < -0.3 is 28.6 Å². The van der Waals surface area contributed by atoms with Crippen molar-refractivity contribution in [1.29, 1.82) is 0 Å². The number of ether oxygens (including phenoxy) is 3. The Hall–Kier alpha value is -4.01. The Morgan fingerprint density at radius 2 is 0.932 bits per heavy atom. The van der Waals surface area contributed by atoms with Crippen LogP contribution in [0.15, 0.2) is 109 Å². The van der Waals surface area contributed by atoms with E-state index < -0.39 is 18.1 Å². The number of hydrogen-bond donors (Lipinski definition) is 0. The number of likely N-dealkylation sites (N-methyl/N-ethyl adjacent to an activating group) is 1. The summed E-state index contributed by atoms with van der Waals surface area (Å²) in [6, 6.07) is -0.746. The van der Waals surface area contributed by atoms with E-state index in [1.54, 1.807) is 21.1 Å². The van der Waals surface area contributed by atoms with Gasteiger partial charge in [0.25, 0.3) is 0 Å². The third-order valence-electron chi connectivity index (χ3n) is 9.17. The zero-order chi connectivity index (χ0) is 43.5. The molecule has 0 spiro atoms. The first-order chi connectivity index (χ1) is 28.6. The minimum absolute atomic E-state index is 0.00395. The zero-order valence-corrected chi connectivity index (χ0v) is 37.6. The van der Waals surface area contributed by atoms with Crippen LogP contribution in [-0.4, -0.2) is 75.5 Å². The number of rotatable bonds is 38. The maximum Gasteiger partial charge on any atom is 0.306 e. The summed E-state index contributed by atoms with van der Waals surface area (Å²) in [5, 5.41) is 11.6. The van der Waals surface area contributed by atoms with E-state index in [1.165, 1.54) is 6.42 Å². The summed E-state index contributed by atoms with van der Waals surface area (Å²) in [5.74, 6) is -1.88. The first kappa shape index (κ1) is 55.0. The SMILES string of the molecule is CC/C=C/C/C=C/C/C=C/C/C=C/C/C=C/CCC(=O)OCC(COCCC(C(=O)[O-])[N+](C)(C)C)OC(=O)CCCCCCCC/C=C/C/C=C/C/C=C/C/C=C/CC. The minimum Gasteiger partial charge on any atom is -0.544 e. The van der Waals surface area contributed by atoms with E-state index >= 15 is 0 Å². The van der Waals surface area contributed by atoms with Crippen LogP contribution in [0.1, 0.15) is 142 Å². The van der Waals surface area contributed by atoms with Gasteiger partial charge in [-0.05, 0) is 83.5 Å². The van der Waals surface area contributed by atoms with Gasteiger partial charge in [-0.25, -0.2) is 0 Å². The number of carboxylic acids is 1. The second-order valence-corrected chi connectivity index (χ2v) is 15.5. The van der Waals surface area contributed by atoms with Crippen molar-refractivity contribution in [3.63, 3.8) is 0 Å². The number of unbranched alkanes of at least 4 members (excludes halogenated alkanes) is 6. The number of quaternary nitrogens is 1. The van der Waals surface area contributed by atoms with Gasteiger partial charge in [0.15, 0.2) is 6.10 Å². The monoisotopic (exact) mass is 820 g/mol. The number of carbonyl (C=O) groups is 3. The van der Waals surface area contributed by atoms with E-state index in [4.69, 9.17) is 14.2 Å². The number of allylic oxidation sites excluding steroid dienone is 18. The molecule has 8 nitrogen and oxygen atoms in total. The lowest BCUT2D eigenvalue weighted by molar-refractivity contribution is -0.889. The second-order valence-electron chi connectivity index (χ2n) is 15.5. The standard InChI is InChI=1S/C51H81NO7/c1-6-8-10-12-14-16-18-20-22-24-25-26-28-30-32-34-36-38-40-42-50(54)59-47(45-57-44-43-48(51(55)56)52(3,4)5)46-58-49(53)41-39-37-35-33-31-29-27-23-21-19-17-15-13-11-9-7-2/h8-11,14-17,20-23,25-26,29,31,35,37,47-48H,6-7,12-13,18-19,24,27-28,30,32-34,36,38-46H2,1-5H3/b10-8+,11-9+,16-14+,17-15+,22-20+,23-21+,26-25+,31-29+,37-35+. The number of esters is 2. The molecule has 0 aromatic carbocycles. The van der Waals surface area contributed by atoms with Crippen molar-refractivity contribution < 1.29 is 38.2 Å². The Kier molecular flexibility index (Phi) is 38.0. The van der Waals surface area contributed by atoms with Crippen LogP contribution in [0, 0.1) is 0 Å². The Bertz CT molecular complexity index is 1330. The van der Waals surface area contributed by atoms with E-state index in [2.05, 4.69) is 111 Å². The van der Waals surface area contributed by atoms with Crippen LogP contribution in [0.2, 0.25) is 0 Å². The van der Waals surface area contributed by atoms with E-state index in [9.17, 15) is 19.5 Å². The molecule has 0 bridgehead atoms. The summed E-state index contributed by atoms with van der Waals surface area (Å²) < 4.78 is 17.1. The molecule has 332 valence electrons. The summed E-state index contributed by atoms with van der Waals surface area (Å²) in [7, 11) is 5.37. The maximum atomic E-state index is 12.7. The summed E-state index contributed by atoms with van der Waals surface area (Å²) in [4.78, 5) is 36.9. The van der Waals surface area contributed by atoms with Crippen LogP contribution < -0.4 is 5.11 Å². The lowest BCUT2D eigenvalue weighted by atomic mass is 10.1. The van der Waals surface area contributed by atoms with Gasteiger partial charge in [0, 0.05) is 19.3 Å². The van der Waals surface area contributed by atoms with E-state index in [0.29, 0.717) is 6.42 Å². The smallest absolute Gasteiger partial charge is 0.306 e. The minimum atomic E-state index is -1.14. The summed E-state index contributed by atoms with van der Waals surface area (Å²) in [5.41, 5.74) is 0. The van der Waals surface area contributed by atoms with Gasteiger partial charge in [-0.2, -0.15) is 0 Å². The molecule has 0 rings (SSSR count). The molecule has 0 saturated heterocycles. The quantitative estimate of drug-likeness (QED) is 0.0264. The molecular weight excluding hydrogens is 739 g/mol. The summed E-state index contributed by atoms with van der Waals surface area (Å²) >= 11 is 0. The van der Waals surface area contributed by atoms with E-state index in [1.807, 2.05) is 12.2 Å². The number of hydrogen-bond acceptors (Lipinski definition) is 7. The molecular formula is C51H81NO7. The number of carboxylic acid groups (broad SMARTS) is 1. The second kappa shape index (κ2) is 40.8. The van der Waals surface area contributed by atoms with Gasteiger partial charge >= 0.3 is 11.9 Å². The fraction of sp³-hybridized carbons (Fsp3) is 0.588. The van der Waals surface area contributed by atoms with Gasteiger partial charge in [-0.15, -0.1) is 0 Å². The molecule has 0 aliphatic carbocycles. The molecule has 0 radical (unpaired) electrons. The molecule has 0 heterocycles. The predicted molar refractivity (Wildman–Crippen MR) is 244 cm³/mol. The lowest BCUT2D eigenvalue weighted by Gasteiger charge is -2.34. The topological polar surface area (TPSA) is 102 Å². The Balaban J connectivity index is 4.49. The van der Waals surface area contributed by atoms with Gasteiger partial charge in [-0.1, -0.05) is 149 Å². The highest BCUT2D eigenvalue weighted by Crippen LogP contribution is 2.12. The van der Waals surface area contributed by atoms with Crippen LogP contribution in [0.3, 0.4) is 0 Å². The van der Waals surface area contributed by atoms with Crippen LogP contribution in [-0.2, 0) is 28.6 Å². The van der Waals surface area contributed by atoms with Gasteiger partial charge in [-0.3, -0.25) is 9.59 Å². The molecule has 59 heavy (non-hydrogen) atoms. The van der Waals surface area contributed by atoms with Crippen molar-refractivity contribution in [3.05, 3.63) is 109 Å². The molecule has 2 unspecified atom stereocenters. The molecule has 0 aliphatic rings. The molecule has 8 heteroatoms. The molecule has 0 N–H and O–H groups in total. The van der Waals surface area contributed by atoms with Crippen molar-refractivity contribution in [3.8, 4) is 0 Å². The Morgan fingerprint density at radius 1 is 0.508 bits per heavy atom. The van der Waals surface area contributed by atoms with Crippen molar-refractivity contribution in [2.24, 2.45) is 0 Å². The van der Waals surface area contributed by atoms with Crippen molar-refractivity contribution >= 4 is 17.9 Å². The van der Waals surface area contributed by atoms with E-state index in [-0.39, 0.29) is 55.5 Å². The first-order valence-corrected chi connectivity index (χ1v) is 22.4. The van der Waals surface area contributed by atoms with Crippen molar-refractivity contribution in [2.75, 3.05) is 41.0 Å². The largest absolute Gasteiger partial charge is 0.544 e. The van der Waals surface area contributed by atoms with Gasteiger partial charge in [0.1, 0.15) is 12.6 Å². The fourth-order valence-corrected chi connectivity index (χ4v) is 5.76. The molecule has 0 saturated carbocycles. The maximum absolute atomic E-state index is 12.7. The highest BCUT2D eigenvalue weighted by molar-refractivity contribution is 5.70.